The first-order valence-electron chi connectivity index (χ1n) is 8.43. The van der Waals surface area contributed by atoms with Gasteiger partial charge in [0.05, 0.1) is 12.4 Å². The van der Waals surface area contributed by atoms with Crippen LogP contribution in [0.15, 0.2) is 4.34 Å². The van der Waals surface area contributed by atoms with Crippen LogP contribution < -0.4 is 5.32 Å². The number of H-pyrrole nitrogens is 1. The molecule has 0 aliphatic heterocycles. The lowest BCUT2D eigenvalue weighted by Gasteiger charge is -2.03. The van der Waals surface area contributed by atoms with E-state index in [4.69, 9.17) is 4.74 Å². The standard InChI is InChI=1S/C17H24N4O3S2/c1-6-24-15(23)14-10(4)13(11(5)19-14)12(22)8-25-17-21-20-16(26-17)18-7-9(2)3/h9,19H,6-8H2,1-5H3,(H,18,20). The lowest BCUT2D eigenvalue weighted by molar-refractivity contribution is 0.0519. The van der Waals surface area contributed by atoms with Crippen LogP contribution in [0.1, 0.15) is 52.9 Å². The summed E-state index contributed by atoms with van der Waals surface area (Å²) in [6.45, 7) is 10.6. The van der Waals surface area contributed by atoms with Gasteiger partial charge in [-0.05, 0) is 32.3 Å². The number of nitrogens with one attached hydrogen (secondary N) is 2. The van der Waals surface area contributed by atoms with Crippen molar-refractivity contribution in [2.45, 2.75) is 39.0 Å². The van der Waals surface area contributed by atoms with Gasteiger partial charge in [0.15, 0.2) is 10.1 Å². The van der Waals surface area contributed by atoms with Crippen LogP contribution in [0.2, 0.25) is 0 Å². The highest BCUT2D eigenvalue weighted by Crippen LogP contribution is 2.28. The maximum atomic E-state index is 12.6. The van der Waals surface area contributed by atoms with E-state index in [1.807, 2.05) is 0 Å². The Kier molecular flexibility index (Phi) is 7.22. The van der Waals surface area contributed by atoms with E-state index in [2.05, 4.69) is 34.3 Å². The molecule has 0 unspecified atom stereocenters. The molecule has 9 heteroatoms. The number of ether oxygens (including phenoxy) is 1. The van der Waals surface area contributed by atoms with Crippen LogP contribution in [0.4, 0.5) is 5.13 Å². The molecule has 0 saturated carbocycles. The summed E-state index contributed by atoms with van der Waals surface area (Å²) in [4.78, 5) is 27.5. The lowest BCUT2D eigenvalue weighted by atomic mass is 10.1. The minimum atomic E-state index is -0.440. The highest BCUT2D eigenvalue weighted by molar-refractivity contribution is 8.01. The van der Waals surface area contributed by atoms with E-state index in [0.29, 0.717) is 35.0 Å². The van der Waals surface area contributed by atoms with Crippen molar-refractivity contribution < 1.29 is 14.3 Å². The number of hydrogen-bond donors (Lipinski definition) is 2. The van der Waals surface area contributed by atoms with Crippen molar-refractivity contribution in [1.29, 1.82) is 0 Å². The van der Waals surface area contributed by atoms with Crippen molar-refractivity contribution in [2.75, 3.05) is 24.2 Å². The molecular weight excluding hydrogens is 372 g/mol. The van der Waals surface area contributed by atoms with E-state index in [0.717, 1.165) is 16.0 Å². The number of nitrogens with zero attached hydrogens (tertiary/aromatic N) is 2. The molecule has 0 saturated heterocycles. The molecule has 0 amide bonds. The summed E-state index contributed by atoms with van der Waals surface area (Å²) in [5, 5.41) is 12.2. The van der Waals surface area contributed by atoms with Gasteiger partial charge in [0, 0.05) is 17.8 Å². The predicted molar refractivity (Wildman–Crippen MR) is 105 cm³/mol. The Labute approximate surface area is 161 Å². The molecule has 26 heavy (non-hydrogen) atoms. The van der Waals surface area contributed by atoms with E-state index in [1.165, 1.54) is 23.1 Å². The number of hydrogen-bond acceptors (Lipinski definition) is 8. The molecule has 0 spiro atoms. The number of anilines is 1. The molecule has 2 rings (SSSR count). The van der Waals surface area contributed by atoms with Crippen molar-refractivity contribution in [2.24, 2.45) is 5.92 Å². The molecule has 0 aliphatic rings. The Hall–Kier alpha value is -1.87. The Morgan fingerprint density at radius 2 is 2.04 bits per heavy atom. The zero-order valence-corrected chi connectivity index (χ0v) is 17.3. The molecule has 7 nitrogen and oxygen atoms in total. The number of rotatable bonds is 9. The predicted octanol–water partition coefficient (Wildman–Crippen LogP) is 3.70. The second-order valence-electron chi connectivity index (χ2n) is 6.21. The van der Waals surface area contributed by atoms with Crippen molar-refractivity contribution in [3.05, 3.63) is 22.5 Å². The van der Waals surface area contributed by atoms with Gasteiger partial charge in [-0.25, -0.2) is 4.79 Å². The van der Waals surface area contributed by atoms with Crippen LogP contribution in [-0.2, 0) is 4.74 Å². The second kappa shape index (κ2) is 9.18. The minimum Gasteiger partial charge on any atom is -0.461 e. The number of carbonyl (C=O) groups is 2. The van der Waals surface area contributed by atoms with Crippen LogP contribution in [0.3, 0.4) is 0 Å². The van der Waals surface area contributed by atoms with Crippen LogP contribution in [-0.4, -0.2) is 45.8 Å². The molecule has 2 aromatic heterocycles. The molecule has 2 aromatic rings. The van der Waals surface area contributed by atoms with Crippen molar-refractivity contribution >= 4 is 40.0 Å². The normalized spacial score (nSPS) is 11.0. The summed E-state index contributed by atoms with van der Waals surface area (Å²) < 4.78 is 5.76. The van der Waals surface area contributed by atoms with Crippen molar-refractivity contribution in [3.8, 4) is 0 Å². The summed E-state index contributed by atoms with van der Waals surface area (Å²) in [6.07, 6.45) is 0. The lowest BCUT2D eigenvalue weighted by Crippen LogP contribution is -2.08. The topological polar surface area (TPSA) is 97.0 Å². The van der Waals surface area contributed by atoms with Crippen LogP contribution in [0.25, 0.3) is 0 Å². The van der Waals surface area contributed by atoms with E-state index in [1.54, 1.807) is 20.8 Å². The fourth-order valence-electron chi connectivity index (χ4n) is 2.41. The third kappa shape index (κ3) is 5.07. The molecule has 0 aromatic carbocycles. The average molecular weight is 397 g/mol. The summed E-state index contributed by atoms with van der Waals surface area (Å²) >= 11 is 2.78. The van der Waals surface area contributed by atoms with Gasteiger partial charge in [-0.15, -0.1) is 10.2 Å². The maximum absolute atomic E-state index is 12.6. The van der Waals surface area contributed by atoms with E-state index in [-0.39, 0.29) is 11.5 Å². The van der Waals surface area contributed by atoms with Gasteiger partial charge in [0.1, 0.15) is 5.69 Å². The van der Waals surface area contributed by atoms with E-state index >= 15 is 0 Å². The van der Waals surface area contributed by atoms with Gasteiger partial charge in [-0.2, -0.15) is 0 Å². The fraction of sp³-hybridized carbons (Fsp3) is 0.529. The molecule has 0 bridgehead atoms. The first kappa shape index (κ1) is 20.4. The third-order valence-corrected chi connectivity index (χ3v) is 5.60. The molecule has 142 valence electrons. The molecule has 0 aliphatic carbocycles. The molecular formula is C17H24N4O3S2. The van der Waals surface area contributed by atoms with Gasteiger partial charge in [0.25, 0.3) is 0 Å². The Bertz CT molecular complexity index is 783. The number of ketones is 1. The van der Waals surface area contributed by atoms with Gasteiger partial charge in [0.2, 0.25) is 5.13 Å². The van der Waals surface area contributed by atoms with Crippen molar-refractivity contribution in [1.82, 2.24) is 15.2 Å². The summed E-state index contributed by atoms with van der Waals surface area (Å²) in [7, 11) is 0. The quantitative estimate of drug-likeness (QED) is 0.379. The minimum absolute atomic E-state index is 0.0521. The largest absolute Gasteiger partial charge is 0.461 e. The third-order valence-electron chi connectivity index (χ3n) is 3.59. The summed E-state index contributed by atoms with van der Waals surface area (Å²) in [5.74, 6) is 0.263. The molecule has 0 atom stereocenters. The number of aryl methyl sites for hydroxylation is 1. The van der Waals surface area contributed by atoms with Crippen LogP contribution >= 0.6 is 23.1 Å². The first-order valence-corrected chi connectivity index (χ1v) is 10.2. The Morgan fingerprint density at radius 3 is 2.69 bits per heavy atom. The maximum Gasteiger partial charge on any atom is 0.355 e. The van der Waals surface area contributed by atoms with Gasteiger partial charge >= 0.3 is 5.97 Å². The number of esters is 1. The number of thioether (sulfide) groups is 1. The number of carbonyl (C=O) groups excluding carboxylic acids is 2. The molecule has 0 fully saturated rings. The van der Waals surface area contributed by atoms with Crippen molar-refractivity contribution in [3.63, 3.8) is 0 Å². The molecule has 2 heterocycles. The van der Waals surface area contributed by atoms with E-state index in [9.17, 15) is 9.59 Å². The molecule has 0 radical (unpaired) electrons. The Morgan fingerprint density at radius 1 is 1.31 bits per heavy atom. The fourth-order valence-corrected chi connectivity index (χ4v) is 4.04. The second-order valence-corrected chi connectivity index (χ2v) is 8.41. The van der Waals surface area contributed by atoms with Gasteiger partial charge in [-0.3, -0.25) is 4.79 Å². The first-order chi connectivity index (χ1) is 12.3. The van der Waals surface area contributed by atoms with Gasteiger partial charge in [-0.1, -0.05) is 36.9 Å². The Balaban J connectivity index is 2.01. The number of aromatic nitrogens is 3. The highest BCUT2D eigenvalue weighted by Gasteiger charge is 2.23. The zero-order chi connectivity index (χ0) is 19.3. The zero-order valence-electron chi connectivity index (χ0n) is 15.6. The van der Waals surface area contributed by atoms with Crippen LogP contribution in [0.5, 0.6) is 0 Å². The summed E-state index contributed by atoms with van der Waals surface area (Å²) in [6, 6.07) is 0. The molecule has 2 N–H and O–H groups in total. The monoisotopic (exact) mass is 396 g/mol. The number of aromatic amines is 1. The van der Waals surface area contributed by atoms with Crippen LogP contribution in [0, 0.1) is 19.8 Å². The highest BCUT2D eigenvalue weighted by atomic mass is 32.2. The average Bonchev–Trinajstić information content (AvgIpc) is 3.15. The number of Topliss-reactive ketones (excluding diaryl/α,β-unsaturated/α-hetero) is 1. The van der Waals surface area contributed by atoms with Gasteiger partial charge < -0.3 is 15.0 Å². The smallest absolute Gasteiger partial charge is 0.355 e. The summed E-state index contributed by atoms with van der Waals surface area (Å²) in [5.41, 5.74) is 2.19. The van der Waals surface area contributed by atoms with E-state index < -0.39 is 5.97 Å². The SMILES string of the molecule is CCOC(=O)c1[nH]c(C)c(C(=O)CSc2nnc(NCC(C)C)s2)c1C.